The van der Waals surface area contributed by atoms with E-state index in [-0.39, 0.29) is 15.5 Å². The maximum Gasteiger partial charge on any atom is 0.286 e. The topological polar surface area (TPSA) is 126 Å². The van der Waals surface area contributed by atoms with Crippen LogP contribution in [0.25, 0.3) is 5.69 Å². The molecular weight excluding hydrogens is 350 g/mol. The van der Waals surface area contributed by atoms with Crippen molar-refractivity contribution in [1.82, 2.24) is 9.78 Å². The largest absolute Gasteiger partial charge is 0.286 e. The summed E-state index contributed by atoms with van der Waals surface area (Å²) < 4.78 is 1.10. The summed E-state index contributed by atoms with van der Waals surface area (Å²) in [5.41, 5.74) is -0.181. The predicted molar refractivity (Wildman–Crippen MR) is 86.5 cm³/mol. The molecule has 116 valence electrons. The highest BCUT2D eigenvalue weighted by atomic mass is 32.2. The summed E-state index contributed by atoms with van der Waals surface area (Å²) in [7, 11) is 0. The summed E-state index contributed by atoms with van der Waals surface area (Å²) in [4.78, 5) is 23.9. The fraction of sp³-hybridized carbons (Fsp3) is 0. The van der Waals surface area contributed by atoms with Crippen molar-refractivity contribution in [3.8, 4) is 17.8 Å². The Balaban J connectivity index is 2.07. The Kier molecular flexibility index (Phi) is 4.08. The van der Waals surface area contributed by atoms with Crippen LogP contribution in [-0.2, 0) is 0 Å². The normalized spacial score (nSPS) is 12.9. The van der Waals surface area contributed by atoms with Crippen LogP contribution in [-0.4, -0.2) is 14.7 Å². The quantitative estimate of drug-likeness (QED) is 0.594. The van der Waals surface area contributed by atoms with Crippen molar-refractivity contribution in [2.24, 2.45) is 0 Å². The molecule has 0 bridgehead atoms. The molecule has 1 aliphatic rings. The van der Waals surface area contributed by atoms with Gasteiger partial charge >= 0.3 is 0 Å². The van der Waals surface area contributed by atoms with E-state index in [4.69, 9.17) is 10.5 Å². The number of nitro benzene ring substituents is 1. The molecule has 1 aromatic heterocycles. The summed E-state index contributed by atoms with van der Waals surface area (Å²) in [6.07, 6.45) is 1.43. The molecule has 0 saturated carbocycles. The monoisotopic (exact) mass is 355 g/mol. The van der Waals surface area contributed by atoms with Gasteiger partial charge in [0.05, 0.1) is 26.6 Å². The lowest BCUT2D eigenvalue weighted by molar-refractivity contribution is -0.384. The maximum absolute atomic E-state index is 12.6. The van der Waals surface area contributed by atoms with Crippen molar-refractivity contribution in [1.29, 1.82) is 10.5 Å². The summed E-state index contributed by atoms with van der Waals surface area (Å²) >= 11 is 1.95. The van der Waals surface area contributed by atoms with E-state index in [0.717, 1.165) is 28.2 Å². The second-order valence-electron chi connectivity index (χ2n) is 4.41. The second kappa shape index (κ2) is 6.20. The number of benzene rings is 1. The molecular formula is C14H5N5O3S2. The summed E-state index contributed by atoms with van der Waals surface area (Å²) in [6.45, 7) is 0. The first-order chi connectivity index (χ1) is 11.5. The van der Waals surface area contributed by atoms with E-state index < -0.39 is 10.5 Å². The van der Waals surface area contributed by atoms with Crippen LogP contribution in [0.3, 0.4) is 0 Å². The molecule has 0 saturated heterocycles. The Morgan fingerprint density at radius 3 is 2.33 bits per heavy atom. The van der Waals surface area contributed by atoms with E-state index in [2.05, 4.69) is 5.10 Å². The molecule has 0 amide bonds. The van der Waals surface area contributed by atoms with E-state index in [1.807, 2.05) is 12.1 Å². The third-order valence-electron chi connectivity index (χ3n) is 3.03. The lowest BCUT2D eigenvalue weighted by atomic mass is 10.3. The number of allylic oxidation sites excluding steroid dienone is 2. The standard InChI is InChI=1S/C14H5N5O3S2/c15-5-10-11(6-16)24-13-12(23-10)7-17-18(14(13)20)8-1-3-9(4-2-8)19(21)22/h1-4,7H. The van der Waals surface area contributed by atoms with Gasteiger partial charge in [0, 0.05) is 12.1 Å². The van der Waals surface area contributed by atoms with Crippen molar-refractivity contribution in [2.75, 3.05) is 0 Å². The average molecular weight is 355 g/mol. The fourth-order valence-electron chi connectivity index (χ4n) is 1.94. The minimum Gasteiger partial charge on any atom is -0.266 e. The van der Waals surface area contributed by atoms with Crippen LogP contribution in [0.15, 0.2) is 54.9 Å². The highest BCUT2D eigenvalue weighted by Gasteiger charge is 2.24. The number of thioether (sulfide) groups is 2. The third-order valence-corrected chi connectivity index (χ3v) is 5.42. The Hall–Kier alpha value is -3.08. The Morgan fingerprint density at radius 1 is 1.12 bits per heavy atom. The molecule has 1 aliphatic heterocycles. The number of nitrogens with zero attached hydrogens (tertiary/aromatic N) is 5. The van der Waals surface area contributed by atoms with Gasteiger partial charge in [0.1, 0.15) is 21.9 Å². The molecule has 0 aliphatic carbocycles. The van der Waals surface area contributed by atoms with Crippen LogP contribution in [0, 0.1) is 32.8 Å². The molecule has 2 aromatic rings. The number of nitriles is 2. The molecule has 0 atom stereocenters. The molecule has 10 heteroatoms. The van der Waals surface area contributed by atoms with Gasteiger partial charge in [0.15, 0.2) is 0 Å². The van der Waals surface area contributed by atoms with Gasteiger partial charge in [-0.1, -0.05) is 23.5 Å². The number of rotatable bonds is 2. The Bertz CT molecular complexity index is 1030. The molecule has 3 rings (SSSR count). The molecule has 0 spiro atoms. The zero-order valence-corrected chi connectivity index (χ0v) is 13.3. The number of nitro groups is 1. The SMILES string of the molecule is N#CC1=C(C#N)Sc2c(cnn(-c3ccc([N+](=O)[O-])cc3)c2=O)S1. The van der Waals surface area contributed by atoms with Gasteiger partial charge in [-0.25, -0.2) is 0 Å². The van der Waals surface area contributed by atoms with Crippen molar-refractivity contribution < 1.29 is 4.92 Å². The van der Waals surface area contributed by atoms with Crippen LogP contribution in [0.1, 0.15) is 0 Å². The molecule has 0 radical (unpaired) electrons. The van der Waals surface area contributed by atoms with Crippen LogP contribution < -0.4 is 5.56 Å². The highest BCUT2D eigenvalue weighted by Crippen LogP contribution is 2.44. The smallest absolute Gasteiger partial charge is 0.266 e. The summed E-state index contributed by atoms with van der Waals surface area (Å²) in [5.74, 6) is 0. The van der Waals surface area contributed by atoms with Gasteiger partial charge in [-0.3, -0.25) is 14.9 Å². The molecule has 8 nitrogen and oxygen atoms in total. The van der Waals surface area contributed by atoms with Crippen LogP contribution in [0.2, 0.25) is 0 Å². The number of non-ortho nitro benzene ring substituents is 1. The van der Waals surface area contributed by atoms with E-state index in [1.165, 1.54) is 30.5 Å². The van der Waals surface area contributed by atoms with E-state index in [9.17, 15) is 14.9 Å². The van der Waals surface area contributed by atoms with Crippen molar-refractivity contribution in [3.05, 3.63) is 60.7 Å². The number of hydrogen-bond acceptors (Lipinski definition) is 8. The summed E-state index contributed by atoms with van der Waals surface area (Å²) in [6, 6.07) is 9.23. The first-order valence-corrected chi connectivity index (χ1v) is 7.96. The number of fused-ring (bicyclic) bond motifs is 1. The first-order valence-electron chi connectivity index (χ1n) is 6.32. The fourth-order valence-corrected chi connectivity index (χ4v) is 3.84. The van der Waals surface area contributed by atoms with Crippen molar-refractivity contribution >= 4 is 29.2 Å². The zero-order valence-electron chi connectivity index (χ0n) is 11.7. The minimum absolute atomic E-state index is 0.0944. The van der Waals surface area contributed by atoms with Gasteiger partial charge in [-0.2, -0.15) is 20.3 Å². The summed E-state index contributed by atoms with van der Waals surface area (Å²) in [5, 5.41) is 32.9. The third kappa shape index (κ3) is 2.65. The predicted octanol–water partition coefficient (Wildman–Crippen LogP) is 2.60. The molecule has 24 heavy (non-hydrogen) atoms. The van der Waals surface area contributed by atoms with E-state index in [1.54, 1.807) is 0 Å². The van der Waals surface area contributed by atoms with Gasteiger partial charge in [0.2, 0.25) is 0 Å². The average Bonchev–Trinajstić information content (AvgIpc) is 2.61. The minimum atomic E-state index is -0.535. The second-order valence-corrected chi connectivity index (χ2v) is 6.49. The van der Waals surface area contributed by atoms with Crippen LogP contribution >= 0.6 is 23.5 Å². The molecule has 1 aromatic carbocycles. The molecule has 0 N–H and O–H groups in total. The molecule has 0 unspecified atom stereocenters. The van der Waals surface area contributed by atoms with Gasteiger partial charge < -0.3 is 0 Å². The highest BCUT2D eigenvalue weighted by molar-refractivity contribution is 8.09. The van der Waals surface area contributed by atoms with Crippen LogP contribution in [0.5, 0.6) is 0 Å². The van der Waals surface area contributed by atoms with Crippen molar-refractivity contribution in [2.45, 2.75) is 9.79 Å². The van der Waals surface area contributed by atoms with Gasteiger partial charge in [0.25, 0.3) is 11.2 Å². The maximum atomic E-state index is 12.6. The lowest BCUT2D eigenvalue weighted by Gasteiger charge is -2.14. The molecule has 2 heterocycles. The van der Waals surface area contributed by atoms with E-state index in [0.29, 0.717) is 15.5 Å². The zero-order chi connectivity index (χ0) is 17.3. The van der Waals surface area contributed by atoms with E-state index >= 15 is 0 Å². The lowest BCUT2D eigenvalue weighted by Crippen LogP contribution is -2.23. The molecule has 0 fully saturated rings. The Labute approximate surface area is 143 Å². The number of hydrogen-bond donors (Lipinski definition) is 0. The van der Waals surface area contributed by atoms with Gasteiger partial charge in [-0.15, -0.1) is 0 Å². The van der Waals surface area contributed by atoms with Crippen molar-refractivity contribution in [3.63, 3.8) is 0 Å². The number of aromatic nitrogens is 2. The Morgan fingerprint density at radius 2 is 1.75 bits per heavy atom. The van der Waals surface area contributed by atoms with Crippen LogP contribution in [0.4, 0.5) is 5.69 Å². The van der Waals surface area contributed by atoms with Gasteiger partial charge in [-0.05, 0) is 12.1 Å². The first kappa shape index (κ1) is 15.8.